The van der Waals surface area contributed by atoms with Gasteiger partial charge in [0.1, 0.15) is 12.0 Å². The molecular formula is C22H23F4N7O. The Bertz CT molecular complexity index is 1210. The zero-order chi connectivity index (χ0) is 23.6. The van der Waals surface area contributed by atoms with Gasteiger partial charge in [0, 0.05) is 38.3 Å². The van der Waals surface area contributed by atoms with E-state index < -0.39 is 17.9 Å². The minimum Gasteiger partial charge on any atom is -0.393 e. The molecule has 8 nitrogen and oxygen atoms in total. The molecule has 2 aromatic heterocycles. The van der Waals surface area contributed by atoms with E-state index in [1.54, 1.807) is 12.3 Å². The molecule has 2 saturated heterocycles. The Morgan fingerprint density at radius 1 is 1.06 bits per heavy atom. The van der Waals surface area contributed by atoms with Gasteiger partial charge in [-0.3, -0.25) is 4.90 Å². The molecule has 1 aromatic carbocycles. The second-order valence-electron chi connectivity index (χ2n) is 9.29. The first-order valence-electron chi connectivity index (χ1n) is 11.3. The van der Waals surface area contributed by atoms with Crippen molar-refractivity contribution in [1.29, 1.82) is 0 Å². The van der Waals surface area contributed by atoms with Crippen molar-refractivity contribution in [2.75, 3.05) is 36.4 Å². The molecule has 34 heavy (non-hydrogen) atoms. The van der Waals surface area contributed by atoms with Crippen LogP contribution in [0.1, 0.15) is 18.4 Å². The van der Waals surface area contributed by atoms with Crippen LogP contribution in [0.25, 0.3) is 16.7 Å². The van der Waals surface area contributed by atoms with Crippen molar-refractivity contribution in [3.05, 3.63) is 36.0 Å². The summed E-state index contributed by atoms with van der Waals surface area (Å²) in [5, 5.41) is 17.8. The molecule has 0 radical (unpaired) electrons. The normalized spacial score (nSPS) is 24.1. The van der Waals surface area contributed by atoms with E-state index in [-0.39, 0.29) is 23.9 Å². The molecule has 3 fully saturated rings. The predicted molar refractivity (Wildman–Crippen MR) is 117 cm³/mol. The van der Waals surface area contributed by atoms with Crippen LogP contribution in [0.15, 0.2) is 30.5 Å². The monoisotopic (exact) mass is 477 g/mol. The molecule has 1 saturated carbocycles. The lowest BCUT2D eigenvalue weighted by molar-refractivity contribution is -0.137. The van der Waals surface area contributed by atoms with Gasteiger partial charge in [-0.25, -0.2) is 9.07 Å². The maximum atomic E-state index is 13.3. The van der Waals surface area contributed by atoms with E-state index in [0.717, 1.165) is 12.1 Å². The van der Waals surface area contributed by atoms with Crippen LogP contribution in [-0.4, -0.2) is 80.3 Å². The number of likely N-dealkylation sites (tertiary alicyclic amines) is 1. The average Bonchev–Trinajstić information content (AvgIpc) is 3.14. The number of aliphatic hydroxyl groups excluding tert-OH is 1. The van der Waals surface area contributed by atoms with Crippen molar-refractivity contribution in [1.82, 2.24) is 24.6 Å². The molecule has 6 rings (SSSR count). The number of hydrogen-bond acceptors (Lipinski definition) is 7. The molecule has 0 amide bonds. The molecule has 0 bridgehead atoms. The van der Waals surface area contributed by atoms with Crippen molar-refractivity contribution in [3.8, 4) is 5.69 Å². The van der Waals surface area contributed by atoms with Gasteiger partial charge in [0.2, 0.25) is 5.95 Å². The highest BCUT2D eigenvalue weighted by molar-refractivity contribution is 5.89. The van der Waals surface area contributed by atoms with Crippen LogP contribution in [0.3, 0.4) is 0 Å². The van der Waals surface area contributed by atoms with Gasteiger partial charge in [-0.15, -0.1) is 0 Å². The Kier molecular flexibility index (Phi) is 4.92. The second-order valence-corrected chi connectivity index (χ2v) is 9.29. The zero-order valence-electron chi connectivity index (χ0n) is 18.1. The van der Waals surface area contributed by atoms with Crippen molar-refractivity contribution in [2.45, 2.75) is 43.4 Å². The fourth-order valence-corrected chi connectivity index (χ4v) is 4.70. The highest BCUT2D eigenvalue weighted by atomic mass is 19.4. The van der Waals surface area contributed by atoms with Gasteiger partial charge in [-0.05, 0) is 31.0 Å². The molecule has 0 spiro atoms. The quantitative estimate of drug-likeness (QED) is 0.547. The number of rotatable bonds is 5. The summed E-state index contributed by atoms with van der Waals surface area (Å²) >= 11 is 0. The van der Waals surface area contributed by atoms with Crippen molar-refractivity contribution < 1.29 is 22.7 Å². The van der Waals surface area contributed by atoms with Gasteiger partial charge in [-0.1, -0.05) is 6.07 Å². The molecule has 0 unspecified atom stereocenters. The van der Waals surface area contributed by atoms with Gasteiger partial charge < -0.3 is 15.3 Å². The standard InChI is InChI=1S/C22H23F4N7O/c23-13-8-31(9-13)16-10-32(11-16)19-18-7-27-33(15-3-1-2-12(4-15)22(24,25)26)20(18)30-21(29-19)28-14-5-17(34)6-14/h1-4,7,13-14,16-17,34H,5-6,8-11H2,(H,28,29,30)/t14-,17-. The van der Waals surface area contributed by atoms with E-state index in [1.165, 1.54) is 10.7 Å². The van der Waals surface area contributed by atoms with Crippen LogP contribution in [0.4, 0.5) is 29.3 Å². The summed E-state index contributed by atoms with van der Waals surface area (Å²) in [6.45, 7) is 2.24. The largest absolute Gasteiger partial charge is 0.416 e. The predicted octanol–water partition coefficient (Wildman–Crippen LogP) is 2.61. The maximum absolute atomic E-state index is 13.3. The van der Waals surface area contributed by atoms with Crippen LogP contribution >= 0.6 is 0 Å². The van der Waals surface area contributed by atoms with E-state index in [2.05, 4.69) is 30.2 Å². The number of anilines is 2. The number of benzene rings is 1. The minimum absolute atomic E-state index is 0.0249. The van der Waals surface area contributed by atoms with Crippen LogP contribution in [0.2, 0.25) is 0 Å². The summed E-state index contributed by atoms with van der Waals surface area (Å²) in [4.78, 5) is 13.4. The van der Waals surface area contributed by atoms with Crippen molar-refractivity contribution >= 4 is 22.8 Å². The van der Waals surface area contributed by atoms with Crippen LogP contribution in [-0.2, 0) is 6.18 Å². The molecule has 2 aliphatic heterocycles. The number of halogens is 4. The van der Waals surface area contributed by atoms with Crippen LogP contribution < -0.4 is 10.2 Å². The molecule has 2 N–H and O–H groups in total. The Morgan fingerprint density at radius 3 is 2.50 bits per heavy atom. The third-order valence-corrected chi connectivity index (χ3v) is 6.82. The summed E-state index contributed by atoms with van der Waals surface area (Å²) in [6.07, 6.45) is -2.87. The van der Waals surface area contributed by atoms with Gasteiger partial charge in [0.05, 0.1) is 28.9 Å². The molecule has 180 valence electrons. The highest BCUT2D eigenvalue weighted by Crippen LogP contribution is 2.35. The number of alkyl halides is 4. The van der Waals surface area contributed by atoms with Crippen LogP contribution in [0, 0.1) is 0 Å². The summed E-state index contributed by atoms with van der Waals surface area (Å²) in [5.41, 5.74) is -0.130. The summed E-state index contributed by atoms with van der Waals surface area (Å²) < 4.78 is 54.4. The molecule has 0 atom stereocenters. The molecule has 3 aromatic rings. The van der Waals surface area contributed by atoms with Gasteiger partial charge in [0.25, 0.3) is 0 Å². The van der Waals surface area contributed by atoms with E-state index in [1.807, 2.05) is 0 Å². The summed E-state index contributed by atoms with van der Waals surface area (Å²) in [5.74, 6) is 0.975. The average molecular weight is 477 g/mol. The third-order valence-electron chi connectivity index (χ3n) is 6.82. The number of nitrogens with one attached hydrogen (secondary N) is 1. The lowest BCUT2D eigenvalue weighted by Crippen LogP contribution is -2.66. The molecule has 1 aliphatic carbocycles. The molecule has 12 heteroatoms. The van der Waals surface area contributed by atoms with E-state index in [9.17, 15) is 22.7 Å². The SMILES string of the molecule is O[C@H]1C[C@H](Nc2nc(N3CC(N4CC(F)C4)C3)c3cnn(-c4cccc(C(F)(F)F)c4)c3n2)C1. The third kappa shape index (κ3) is 3.74. The maximum Gasteiger partial charge on any atom is 0.416 e. The topological polar surface area (TPSA) is 82.3 Å². The lowest BCUT2D eigenvalue weighted by Gasteiger charge is -2.50. The summed E-state index contributed by atoms with van der Waals surface area (Å²) in [7, 11) is 0. The lowest BCUT2D eigenvalue weighted by atomic mass is 9.90. The molecule has 4 heterocycles. The zero-order valence-corrected chi connectivity index (χ0v) is 18.1. The number of aromatic nitrogens is 4. The highest BCUT2D eigenvalue weighted by Gasteiger charge is 2.40. The first-order chi connectivity index (χ1) is 16.2. The van der Waals surface area contributed by atoms with Gasteiger partial charge in [0.15, 0.2) is 5.65 Å². The first-order valence-corrected chi connectivity index (χ1v) is 11.3. The number of aliphatic hydroxyl groups is 1. The van der Waals surface area contributed by atoms with E-state index in [0.29, 0.717) is 61.8 Å². The Balaban J connectivity index is 1.35. The second kappa shape index (κ2) is 7.77. The summed E-state index contributed by atoms with van der Waals surface area (Å²) in [6, 6.07) is 5.22. The van der Waals surface area contributed by atoms with Gasteiger partial charge >= 0.3 is 6.18 Å². The van der Waals surface area contributed by atoms with Gasteiger partial charge in [-0.2, -0.15) is 28.2 Å². The Labute approximate surface area is 192 Å². The van der Waals surface area contributed by atoms with Crippen molar-refractivity contribution in [2.24, 2.45) is 0 Å². The van der Waals surface area contributed by atoms with E-state index in [4.69, 9.17) is 0 Å². The number of fused-ring (bicyclic) bond motifs is 1. The van der Waals surface area contributed by atoms with E-state index >= 15 is 0 Å². The Hall–Kier alpha value is -2.99. The fourth-order valence-electron chi connectivity index (χ4n) is 4.70. The van der Waals surface area contributed by atoms with Crippen LogP contribution in [0.5, 0.6) is 0 Å². The number of nitrogens with zero attached hydrogens (tertiary/aromatic N) is 6. The minimum atomic E-state index is -4.47. The fraction of sp³-hybridized carbons (Fsp3) is 0.500. The smallest absolute Gasteiger partial charge is 0.393 e. The molecular weight excluding hydrogens is 454 g/mol. The Morgan fingerprint density at radius 2 is 1.82 bits per heavy atom. The molecule has 3 aliphatic rings. The number of hydrogen-bond donors (Lipinski definition) is 2. The van der Waals surface area contributed by atoms with Crippen molar-refractivity contribution in [3.63, 3.8) is 0 Å². The first kappa shape index (κ1) is 21.5.